The van der Waals surface area contributed by atoms with Gasteiger partial charge < -0.3 is 15.0 Å². The highest BCUT2D eigenvalue weighted by Crippen LogP contribution is 2.15. The third kappa shape index (κ3) is 4.76. The highest BCUT2D eigenvalue weighted by molar-refractivity contribution is 5.78. The molecule has 1 aromatic rings. The number of nitrogens with one attached hydrogen (secondary N) is 1. The van der Waals surface area contributed by atoms with Crippen molar-refractivity contribution in [2.24, 2.45) is 5.92 Å². The van der Waals surface area contributed by atoms with E-state index in [2.05, 4.69) is 23.3 Å². The third-order valence-corrected chi connectivity index (χ3v) is 3.74. The van der Waals surface area contributed by atoms with E-state index in [0.717, 1.165) is 25.9 Å². The lowest BCUT2D eigenvalue weighted by molar-refractivity contribution is -0.126. The number of rotatable bonds is 5. The SMILES string of the molecule is CN1CCC(C(=O)NCCOc2ccc(C#N)cc2)CC1. The average molecular weight is 287 g/mol. The summed E-state index contributed by atoms with van der Waals surface area (Å²) in [6.45, 7) is 2.91. The van der Waals surface area contributed by atoms with Gasteiger partial charge in [-0.05, 0) is 57.2 Å². The molecule has 1 aromatic carbocycles. The Kier molecular flexibility index (Phi) is 5.59. The Balaban J connectivity index is 1.65. The monoisotopic (exact) mass is 287 g/mol. The van der Waals surface area contributed by atoms with Crippen LogP contribution in [0.25, 0.3) is 0 Å². The summed E-state index contributed by atoms with van der Waals surface area (Å²) in [5.41, 5.74) is 0.609. The zero-order chi connectivity index (χ0) is 15.1. The van der Waals surface area contributed by atoms with Crippen LogP contribution in [0.1, 0.15) is 18.4 Å². The Morgan fingerprint density at radius 3 is 2.67 bits per heavy atom. The Labute approximate surface area is 125 Å². The van der Waals surface area contributed by atoms with Gasteiger partial charge in [-0.1, -0.05) is 0 Å². The summed E-state index contributed by atoms with van der Waals surface area (Å²) in [6, 6.07) is 9.01. The van der Waals surface area contributed by atoms with Gasteiger partial charge >= 0.3 is 0 Å². The van der Waals surface area contributed by atoms with Crippen LogP contribution in [0, 0.1) is 17.2 Å². The Bertz CT molecular complexity index is 499. The number of likely N-dealkylation sites (tertiary alicyclic amines) is 1. The number of nitrogens with zero attached hydrogens (tertiary/aromatic N) is 2. The van der Waals surface area contributed by atoms with Crippen molar-refractivity contribution in [1.82, 2.24) is 10.2 Å². The van der Waals surface area contributed by atoms with Crippen LogP contribution in [0.15, 0.2) is 24.3 Å². The van der Waals surface area contributed by atoms with Crippen molar-refractivity contribution in [1.29, 1.82) is 5.26 Å². The molecule has 1 fully saturated rings. The highest BCUT2D eigenvalue weighted by Gasteiger charge is 2.22. The number of ether oxygens (including phenoxy) is 1. The number of benzene rings is 1. The summed E-state index contributed by atoms with van der Waals surface area (Å²) in [7, 11) is 2.08. The summed E-state index contributed by atoms with van der Waals surface area (Å²) in [5, 5.41) is 11.6. The first-order valence-electron chi connectivity index (χ1n) is 7.28. The van der Waals surface area contributed by atoms with Crippen molar-refractivity contribution < 1.29 is 9.53 Å². The predicted molar refractivity (Wildman–Crippen MR) is 79.9 cm³/mol. The van der Waals surface area contributed by atoms with Crippen LogP contribution < -0.4 is 10.1 Å². The van der Waals surface area contributed by atoms with Crippen molar-refractivity contribution in [3.8, 4) is 11.8 Å². The first-order valence-corrected chi connectivity index (χ1v) is 7.28. The van der Waals surface area contributed by atoms with Crippen molar-refractivity contribution >= 4 is 5.91 Å². The molecular weight excluding hydrogens is 266 g/mol. The van der Waals surface area contributed by atoms with Gasteiger partial charge in [0.2, 0.25) is 5.91 Å². The lowest BCUT2D eigenvalue weighted by Crippen LogP contribution is -2.40. The van der Waals surface area contributed by atoms with Gasteiger partial charge in [0.25, 0.3) is 0 Å². The quantitative estimate of drug-likeness (QED) is 0.831. The van der Waals surface area contributed by atoms with E-state index >= 15 is 0 Å². The molecule has 1 aliphatic heterocycles. The standard InChI is InChI=1S/C16H21N3O2/c1-19-9-6-14(7-10-19)16(20)18-8-11-21-15-4-2-13(12-17)3-5-15/h2-5,14H,6-11H2,1H3,(H,18,20). The minimum atomic E-state index is 0.131. The highest BCUT2D eigenvalue weighted by atomic mass is 16.5. The summed E-state index contributed by atoms with van der Waals surface area (Å²) >= 11 is 0. The molecule has 0 aromatic heterocycles. The average Bonchev–Trinajstić information content (AvgIpc) is 2.52. The van der Waals surface area contributed by atoms with Crippen LogP contribution in [0.4, 0.5) is 0 Å². The number of carbonyl (C=O) groups excluding carboxylic acids is 1. The number of hydrogen-bond acceptors (Lipinski definition) is 4. The fourth-order valence-electron chi connectivity index (χ4n) is 2.38. The molecule has 1 aliphatic rings. The smallest absolute Gasteiger partial charge is 0.223 e. The normalized spacial score (nSPS) is 16.2. The van der Waals surface area contributed by atoms with E-state index in [1.165, 1.54) is 0 Å². The first kappa shape index (κ1) is 15.3. The second-order valence-corrected chi connectivity index (χ2v) is 5.35. The van der Waals surface area contributed by atoms with Gasteiger partial charge in [0.05, 0.1) is 18.2 Å². The zero-order valence-corrected chi connectivity index (χ0v) is 12.3. The van der Waals surface area contributed by atoms with E-state index in [9.17, 15) is 4.79 Å². The number of hydrogen-bond donors (Lipinski definition) is 1. The number of carbonyl (C=O) groups is 1. The zero-order valence-electron chi connectivity index (χ0n) is 12.3. The van der Waals surface area contributed by atoms with Crippen LogP contribution in [-0.2, 0) is 4.79 Å². The van der Waals surface area contributed by atoms with Gasteiger partial charge in [-0.25, -0.2) is 0 Å². The second kappa shape index (κ2) is 7.65. The van der Waals surface area contributed by atoms with Crippen LogP contribution in [-0.4, -0.2) is 44.1 Å². The molecule has 1 N–H and O–H groups in total. The molecule has 1 amide bonds. The maximum absolute atomic E-state index is 12.0. The summed E-state index contributed by atoms with van der Waals surface area (Å²) in [5.74, 6) is 0.977. The maximum Gasteiger partial charge on any atom is 0.223 e. The largest absolute Gasteiger partial charge is 0.492 e. The summed E-state index contributed by atoms with van der Waals surface area (Å²) < 4.78 is 5.53. The molecule has 2 rings (SSSR count). The van der Waals surface area contributed by atoms with Crippen molar-refractivity contribution in [2.45, 2.75) is 12.8 Å². The van der Waals surface area contributed by atoms with Crippen LogP contribution in [0.3, 0.4) is 0 Å². The second-order valence-electron chi connectivity index (χ2n) is 5.35. The number of amides is 1. The van der Waals surface area contributed by atoms with Crippen LogP contribution >= 0.6 is 0 Å². The minimum Gasteiger partial charge on any atom is -0.492 e. The summed E-state index contributed by atoms with van der Waals surface area (Å²) in [4.78, 5) is 14.2. The molecule has 5 heteroatoms. The fraction of sp³-hybridized carbons (Fsp3) is 0.500. The van der Waals surface area contributed by atoms with E-state index < -0.39 is 0 Å². The van der Waals surface area contributed by atoms with Gasteiger partial charge in [-0.3, -0.25) is 4.79 Å². The van der Waals surface area contributed by atoms with E-state index in [1.54, 1.807) is 24.3 Å². The van der Waals surface area contributed by atoms with Crippen molar-refractivity contribution in [3.63, 3.8) is 0 Å². The number of nitriles is 1. The van der Waals surface area contributed by atoms with Crippen LogP contribution in [0.5, 0.6) is 5.75 Å². The van der Waals surface area contributed by atoms with E-state index in [1.807, 2.05) is 0 Å². The molecule has 0 saturated carbocycles. The predicted octanol–water partition coefficient (Wildman–Crippen LogP) is 1.40. The molecule has 5 nitrogen and oxygen atoms in total. The molecule has 112 valence electrons. The molecule has 0 aliphatic carbocycles. The topological polar surface area (TPSA) is 65.4 Å². The van der Waals surface area contributed by atoms with Gasteiger partial charge in [0.15, 0.2) is 0 Å². The fourth-order valence-corrected chi connectivity index (χ4v) is 2.38. The molecule has 0 radical (unpaired) electrons. The first-order chi connectivity index (χ1) is 10.2. The lowest BCUT2D eigenvalue weighted by Gasteiger charge is -2.28. The molecule has 0 atom stereocenters. The Morgan fingerprint density at radius 1 is 1.38 bits per heavy atom. The number of piperidine rings is 1. The summed E-state index contributed by atoms with van der Waals surface area (Å²) in [6.07, 6.45) is 1.86. The molecule has 0 spiro atoms. The van der Waals surface area contributed by atoms with Crippen molar-refractivity contribution in [3.05, 3.63) is 29.8 Å². The molecular formula is C16H21N3O2. The van der Waals surface area contributed by atoms with Crippen molar-refractivity contribution in [2.75, 3.05) is 33.3 Å². The third-order valence-electron chi connectivity index (χ3n) is 3.74. The van der Waals surface area contributed by atoms with Gasteiger partial charge in [-0.15, -0.1) is 0 Å². The van der Waals surface area contributed by atoms with E-state index in [4.69, 9.17) is 10.00 Å². The van der Waals surface area contributed by atoms with Gasteiger partial charge in [0, 0.05) is 5.92 Å². The molecule has 1 heterocycles. The Morgan fingerprint density at radius 2 is 2.05 bits per heavy atom. The van der Waals surface area contributed by atoms with E-state index in [-0.39, 0.29) is 11.8 Å². The maximum atomic E-state index is 12.0. The van der Waals surface area contributed by atoms with Gasteiger partial charge in [-0.2, -0.15) is 5.26 Å². The molecule has 1 saturated heterocycles. The van der Waals surface area contributed by atoms with E-state index in [0.29, 0.717) is 24.5 Å². The van der Waals surface area contributed by atoms with Crippen LogP contribution in [0.2, 0.25) is 0 Å². The molecule has 0 unspecified atom stereocenters. The molecule has 0 bridgehead atoms. The Hall–Kier alpha value is -2.06. The van der Waals surface area contributed by atoms with Gasteiger partial charge in [0.1, 0.15) is 12.4 Å². The molecule has 21 heavy (non-hydrogen) atoms. The minimum absolute atomic E-state index is 0.131. The lowest BCUT2D eigenvalue weighted by atomic mass is 9.96.